The Morgan fingerprint density at radius 2 is 1.86 bits per heavy atom. The van der Waals surface area contributed by atoms with Crippen LogP contribution in [0.15, 0.2) is 54.6 Å². The van der Waals surface area contributed by atoms with E-state index >= 15 is 0 Å². The molecule has 0 aliphatic carbocycles. The summed E-state index contributed by atoms with van der Waals surface area (Å²) >= 11 is 0. The van der Waals surface area contributed by atoms with Crippen molar-refractivity contribution in [2.24, 2.45) is 5.92 Å². The highest BCUT2D eigenvalue weighted by Crippen LogP contribution is 2.33. The first-order chi connectivity index (χ1) is 21.0. The summed E-state index contributed by atoms with van der Waals surface area (Å²) in [5.41, 5.74) is 6.08. The monoisotopic (exact) mass is 583 g/mol. The van der Waals surface area contributed by atoms with Crippen LogP contribution in [0.4, 0.5) is 11.5 Å². The summed E-state index contributed by atoms with van der Waals surface area (Å²) < 4.78 is 5.64. The molecule has 6 rings (SSSR count). The molecule has 8 nitrogen and oxygen atoms in total. The average molecular weight is 584 g/mol. The van der Waals surface area contributed by atoms with Crippen molar-refractivity contribution in [1.29, 1.82) is 0 Å². The van der Waals surface area contributed by atoms with Crippen LogP contribution < -0.4 is 19.9 Å². The van der Waals surface area contributed by atoms with Crippen molar-refractivity contribution in [3.05, 3.63) is 71.3 Å². The maximum atomic E-state index is 13.7. The Hall–Kier alpha value is -3.62. The normalized spacial score (nSPS) is 19.7. The first-order valence-corrected chi connectivity index (χ1v) is 15.9. The molecule has 1 amide bonds. The summed E-state index contributed by atoms with van der Waals surface area (Å²) in [4.78, 5) is 26.0. The van der Waals surface area contributed by atoms with Gasteiger partial charge in [0, 0.05) is 63.7 Å². The van der Waals surface area contributed by atoms with Crippen molar-refractivity contribution >= 4 is 17.4 Å². The van der Waals surface area contributed by atoms with Gasteiger partial charge in [0.05, 0.1) is 18.4 Å². The Morgan fingerprint density at radius 3 is 2.67 bits per heavy atom. The number of piperidine rings is 2. The molecule has 228 valence electrons. The number of carbonyl (C=O) groups is 1. The van der Waals surface area contributed by atoms with Gasteiger partial charge in [-0.1, -0.05) is 24.3 Å². The molecule has 3 aliphatic rings. The van der Waals surface area contributed by atoms with Crippen LogP contribution in [0, 0.1) is 5.92 Å². The second kappa shape index (κ2) is 13.3. The SMILES string of the molecule is COc1ccccc1-c1ccc(C(=O)NCc2ccc3c(c2)CCCN3C)c(N2CCC(N3CCCC(CO)C3)CC2)n1. The zero-order valence-corrected chi connectivity index (χ0v) is 25.6. The van der Waals surface area contributed by atoms with E-state index in [0.29, 0.717) is 24.1 Å². The van der Waals surface area contributed by atoms with Crippen molar-refractivity contribution in [1.82, 2.24) is 15.2 Å². The lowest BCUT2D eigenvalue weighted by molar-refractivity contribution is 0.0777. The molecular weight excluding hydrogens is 538 g/mol. The van der Waals surface area contributed by atoms with Crippen LogP contribution >= 0.6 is 0 Å². The number of likely N-dealkylation sites (tertiary alicyclic amines) is 1. The van der Waals surface area contributed by atoms with Gasteiger partial charge in [-0.05, 0) is 92.4 Å². The molecule has 1 unspecified atom stereocenters. The Bertz CT molecular complexity index is 1420. The summed E-state index contributed by atoms with van der Waals surface area (Å²) in [6.45, 7) is 5.60. The topological polar surface area (TPSA) is 81.2 Å². The first kappa shape index (κ1) is 29.5. The lowest BCUT2D eigenvalue weighted by atomic mass is 9.94. The molecule has 2 saturated heterocycles. The van der Waals surface area contributed by atoms with E-state index in [2.05, 4.69) is 45.3 Å². The number of para-hydroxylation sites is 1. The quantitative estimate of drug-likeness (QED) is 0.397. The minimum atomic E-state index is -0.104. The number of pyridine rings is 1. The fourth-order valence-electron chi connectivity index (χ4n) is 7.12. The highest BCUT2D eigenvalue weighted by atomic mass is 16.5. The van der Waals surface area contributed by atoms with Gasteiger partial charge >= 0.3 is 0 Å². The minimum absolute atomic E-state index is 0.104. The minimum Gasteiger partial charge on any atom is -0.496 e. The number of carbonyl (C=O) groups excluding carboxylic acids is 1. The third kappa shape index (κ3) is 6.50. The number of ether oxygens (including phenoxy) is 1. The second-order valence-electron chi connectivity index (χ2n) is 12.3. The zero-order valence-electron chi connectivity index (χ0n) is 25.6. The van der Waals surface area contributed by atoms with Crippen molar-refractivity contribution in [3.8, 4) is 17.0 Å². The molecule has 8 heteroatoms. The largest absolute Gasteiger partial charge is 0.496 e. The summed E-state index contributed by atoms with van der Waals surface area (Å²) in [5.74, 6) is 1.78. The van der Waals surface area contributed by atoms with Gasteiger partial charge in [0.2, 0.25) is 0 Å². The van der Waals surface area contributed by atoms with Crippen molar-refractivity contribution < 1.29 is 14.6 Å². The van der Waals surface area contributed by atoms with Gasteiger partial charge in [0.25, 0.3) is 5.91 Å². The number of fused-ring (bicyclic) bond motifs is 1. The third-order valence-corrected chi connectivity index (χ3v) is 9.54. The molecule has 4 heterocycles. The van der Waals surface area contributed by atoms with Gasteiger partial charge in [-0.2, -0.15) is 0 Å². The number of anilines is 2. The number of aryl methyl sites for hydroxylation is 1. The number of hydrogen-bond donors (Lipinski definition) is 2. The van der Waals surface area contributed by atoms with Gasteiger partial charge in [0.15, 0.2) is 0 Å². The Kier molecular flexibility index (Phi) is 9.14. The fourth-order valence-corrected chi connectivity index (χ4v) is 7.12. The number of nitrogens with zero attached hydrogens (tertiary/aromatic N) is 4. The van der Waals surface area contributed by atoms with E-state index in [4.69, 9.17) is 9.72 Å². The van der Waals surface area contributed by atoms with E-state index in [1.165, 1.54) is 11.3 Å². The highest BCUT2D eigenvalue weighted by Gasteiger charge is 2.30. The molecule has 0 bridgehead atoms. The van der Waals surface area contributed by atoms with Gasteiger partial charge in [-0.25, -0.2) is 4.98 Å². The van der Waals surface area contributed by atoms with Gasteiger partial charge < -0.3 is 25.0 Å². The van der Waals surface area contributed by atoms with Gasteiger partial charge in [-0.3, -0.25) is 9.69 Å². The molecule has 0 spiro atoms. The molecule has 1 aromatic heterocycles. The van der Waals surface area contributed by atoms with Crippen LogP contribution in [-0.4, -0.2) is 80.4 Å². The van der Waals surface area contributed by atoms with Crippen molar-refractivity contribution in [2.45, 2.75) is 51.1 Å². The van der Waals surface area contributed by atoms with E-state index in [9.17, 15) is 9.90 Å². The van der Waals surface area contributed by atoms with Crippen LogP contribution in [0.2, 0.25) is 0 Å². The number of aliphatic hydroxyl groups excluding tert-OH is 1. The van der Waals surface area contributed by atoms with Crippen LogP contribution in [0.25, 0.3) is 11.3 Å². The van der Waals surface area contributed by atoms with Crippen LogP contribution in [-0.2, 0) is 13.0 Å². The van der Waals surface area contributed by atoms with Crippen molar-refractivity contribution in [3.63, 3.8) is 0 Å². The van der Waals surface area contributed by atoms with E-state index in [1.54, 1.807) is 7.11 Å². The number of methoxy groups -OCH3 is 1. The average Bonchev–Trinajstić information content (AvgIpc) is 3.07. The zero-order chi connectivity index (χ0) is 29.8. The molecule has 1 atom stereocenters. The number of aromatic nitrogens is 1. The second-order valence-corrected chi connectivity index (χ2v) is 12.3. The van der Waals surface area contributed by atoms with E-state index in [1.807, 2.05) is 36.4 Å². The first-order valence-electron chi connectivity index (χ1n) is 15.9. The summed E-state index contributed by atoms with van der Waals surface area (Å²) in [7, 11) is 3.82. The summed E-state index contributed by atoms with van der Waals surface area (Å²) in [6.07, 6.45) is 6.54. The Balaban J connectivity index is 1.22. The lowest BCUT2D eigenvalue weighted by Gasteiger charge is -2.42. The Labute approximate surface area is 255 Å². The number of nitrogens with one attached hydrogen (secondary N) is 1. The molecular formula is C35H45N5O3. The molecule has 2 aromatic carbocycles. The van der Waals surface area contributed by atoms with E-state index in [-0.39, 0.29) is 12.5 Å². The lowest BCUT2D eigenvalue weighted by Crippen LogP contribution is -2.49. The predicted molar refractivity (Wildman–Crippen MR) is 172 cm³/mol. The van der Waals surface area contributed by atoms with E-state index in [0.717, 1.165) is 99.6 Å². The number of aliphatic hydroxyl groups is 1. The molecule has 3 aromatic rings. The molecule has 0 saturated carbocycles. The van der Waals surface area contributed by atoms with Gasteiger partial charge in [0.1, 0.15) is 11.6 Å². The third-order valence-electron chi connectivity index (χ3n) is 9.54. The maximum Gasteiger partial charge on any atom is 0.255 e. The molecule has 2 fully saturated rings. The number of benzene rings is 2. The van der Waals surface area contributed by atoms with Crippen LogP contribution in [0.1, 0.15) is 53.6 Å². The molecule has 3 aliphatic heterocycles. The molecule has 0 radical (unpaired) electrons. The fraction of sp³-hybridized carbons (Fsp3) is 0.486. The smallest absolute Gasteiger partial charge is 0.255 e. The molecule has 2 N–H and O–H groups in total. The van der Waals surface area contributed by atoms with E-state index < -0.39 is 0 Å². The summed E-state index contributed by atoms with van der Waals surface area (Å²) in [6, 6.07) is 18.8. The highest BCUT2D eigenvalue weighted by molar-refractivity contribution is 5.99. The summed E-state index contributed by atoms with van der Waals surface area (Å²) in [5, 5.41) is 12.9. The molecule has 43 heavy (non-hydrogen) atoms. The number of amides is 1. The van der Waals surface area contributed by atoms with Crippen molar-refractivity contribution in [2.75, 3.05) is 63.3 Å². The Morgan fingerprint density at radius 1 is 1.02 bits per heavy atom. The van der Waals surface area contributed by atoms with Crippen LogP contribution in [0.3, 0.4) is 0 Å². The van der Waals surface area contributed by atoms with Gasteiger partial charge in [-0.15, -0.1) is 0 Å². The predicted octanol–water partition coefficient (Wildman–Crippen LogP) is 4.74. The standard InChI is InChI=1S/C35H45N5O3/c1-38-17-6-8-27-21-25(11-14-32(27)38)22-36-35(42)30-12-13-31(29-9-3-4-10-33(29)43-2)37-34(30)39-19-15-28(16-20-39)40-18-5-7-26(23-40)24-41/h3-4,9-14,21,26,28,41H,5-8,15-20,22-24H2,1-2H3,(H,36,42). The maximum absolute atomic E-state index is 13.7. The number of rotatable bonds is 8. The van der Waals surface area contributed by atoms with Crippen LogP contribution in [0.5, 0.6) is 5.75 Å². The number of hydrogen-bond acceptors (Lipinski definition) is 7.